The maximum atomic E-state index is 14.8. The molecule has 24 heteroatoms. The molecule has 2 aromatic rings. The smallest absolute Gasteiger partial charge is 0.458 e. The van der Waals surface area contributed by atoms with Gasteiger partial charge in [-0.1, -0.05) is 6.92 Å². The van der Waals surface area contributed by atoms with Crippen molar-refractivity contribution in [3.8, 4) is 11.5 Å². The first-order chi connectivity index (χ1) is 30.1. The lowest BCUT2D eigenvalue weighted by atomic mass is 10.0. The summed E-state index contributed by atoms with van der Waals surface area (Å²) in [7, 11) is -4.10. The first-order valence-corrected chi connectivity index (χ1v) is 22.0. The molecule has 4 aliphatic heterocycles. The van der Waals surface area contributed by atoms with E-state index in [1.165, 1.54) is 36.9 Å². The highest BCUT2D eigenvalue weighted by atomic mass is 31.2. The molecule has 7 amide bonds. The van der Waals surface area contributed by atoms with Crippen LogP contribution in [0.15, 0.2) is 36.4 Å². The molecule has 64 heavy (non-hydrogen) atoms. The molecular weight excluding hydrogens is 871 g/mol. The third-order valence-corrected chi connectivity index (χ3v) is 12.0. The van der Waals surface area contributed by atoms with Crippen LogP contribution in [-0.2, 0) is 49.0 Å². The molecule has 0 aliphatic carbocycles. The van der Waals surface area contributed by atoms with Gasteiger partial charge in [0.05, 0.1) is 6.10 Å². The highest BCUT2D eigenvalue weighted by Crippen LogP contribution is 2.39. The minimum absolute atomic E-state index is 0.0188. The number of carbonyl (C=O) groups is 7. The number of urea groups is 1. The van der Waals surface area contributed by atoms with Gasteiger partial charge in [-0.05, 0) is 75.8 Å². The van der Waals surface area contributed by atoms with Crippen LogP contribution in [-0.4, -0.2) is 141 Å². The molecule has 6 rings (SSSR count). The number of fused-ring (bicyclic) bond motifs is 3. The summed E-state index contributed by atoms with van der Waals surface area (Å²) in [5.74, 6) is -7.12. The van der Waals surface area contributed by atoms with Crippen molar-refractivity contribution in [3.05, 3.63) is 53.6 Å². The summed E-state index contributed by atoms with van der Waals surface area (Å²) < 4.78 is 62.0. The Balaban J connectivity index is 1.35. The van der Waals surface area contributed by atoms with E-state index in [9.17, 15) is 56.7 Å². The third kappa shape index (κ3) is 11.1. The van der Waals surface area contributed by atoms with Crippen LogP contribution in [0.4, 0.5) is 19.3 Å². The molecule has 0 unspecified atom stereocenters. The van der Waals surface area contributed by atoms with E-state index >= 15 is 0 Å². The SMILES string of the molecule is C[C@@H]1C[C@H]2C(=O)O[C@@H](C)[C@H](NC(=O)[C@H](Cc3cc(F)cc(F)c3)NC(=O)Nc3ccc4c(c3)OCO4)C(=O)N3CCC[C@H]3C(=O)N(C)[C@@H]([C@@H](C)OP(=O)(O)O)C(=O)N[C@@H](C)C(=O)N2C1. The number of hydrogen-bond acceptors (Lipinski definition) is 12. The number of carbonyl (C=O) groups excluding carboxylic acids is 7. The fourth-order valence-corrected chi connectivity index (χ4v) is 8.92. The van der Waals surface area contributed by atoms with Crippen LogP contribution in [0.1, 0.15) is 52.5 Å². The summed E-state index contributed by atoms with van der Waals surface area (Å²) in [6.07, 6.45) is -3.35. The summed E-state index contributed by atoms with van der Waals surface area (Å²) in [5, 5.41) is 10.0. The monoisotopic (exact) mass is 921 g/mol. The number of phosphoric ester groups is 1. The van der Waals surface area contributed by atoms with Crippen LogP contribution >= 0.6 is 7.82 Å². The number of ether oxygens (including phenoxy) is 3. The number of hydrogen-bond donors (Lipinski definition) is 6. The second-order valence-electron chi connectivity index (χ2n) is 16.3. The minimum atomic E-state index is -5.25. The molecule has 348 valence electrons. The number of esters is 1. The standard InChI is InChI=1S/C40H50F2N7O14P/c1-19-11-29-39(55)62-21(3)32(46-34(50)27(14-23-12-24(41)15-25(42)13-23)45-40(56)44-26-8-9-30-31(16-26)61-18-60-30)38(54)48-10-6-7-28(48)37(53)47(5)33(22(4)63-64(57,58)59)35(51)43-20(2)36(52)49(29)17-19/h8-9,12-13,15-16,19-22,27-29,32-33H,6-7,10-11,14,17-18H2,1-5H3,(H,43,51)(H,46,50)(H2,44,45,56)(H2,57,58,59)/t19-,20+,21+,22-,27+,28+,29+,32+,33+/m1/s1. The zero-order chi connectivity index (χ0) is 46.8. The Morgan fingerprint density at radius 3 is 2.33 bits per heavy atom. The van der Waals surface area contributed by atoms with Crippen molar-refractivity contribution in [1.29, 1.82) is 0 Å². The number of anilines is 1. The summed E-state index contributed by atoms with van der Waals surface area (Å²) in [4.78, 5) is 121. The van der Waals surface area contributed by atoms with Crippen molar-refractivity contribution in [2.45, 2.75) is 102 Å². The fourth-order valence-electron chi connectivity index (χ4n) is 8.38. The van der Waals surface area contributed by atoms with Crippen molar-refractivity contribution < 1.29 is 75.4 Å². The Morgan fingerprint density at radius 1 is 0.953 bits per heavy atom. The van der Waals surface area contributed by atoms with Crippen LogP contribution in [0.25, 0.3) is 0 Å². The topological polar surface area (TPSA) is 272 Å². The van der Waals surface area contributed by atoms with Gasteiger partial charge in [-0.25, -0.2) is 22.9 Å². The molecule has 3 saturated heterocycles. The minimum Gasteiger partial charge on any atom is -0.458 e. The van der Waals surface area contributed by atoms with Gasteiger partial charge in [-0.2, -0.15) is 0 Å². The van der Waals surface area contributed by atoms with Gasteiger partial charge in [-0.15, -0.1) is 0 Å². The van der Waals surface area contributed by atoms with Crippen LogP contribution < -0.4 is 30.7 Å². The van der Waals surface area contributed by atoms with Crippen molar-refractivity contribution in [2.24, 2.45) is 5.92 Å². The van der Waals surface area contributed by atoms with Gasteiger partial charge in [0.1, 0.15) is 54.0 Å². The average Bonchev–Trinajstić information content (AvgIpc) is 3.97. The van der Waals surface area contributed by atoms with E-state index in [2.05, 4.69) is 21.3 Å². The Morgan fingerprint density at radius 2 is 1.64 bits per heavy atom. The number of cyclic esters (lactones) is 1. The van der Waals surface area contributed by atoms with Gasteiger partial charge in [-0.3, -0.25) is 28.5 Å². The summed E-state index contributed by atoms with van der Waals surface area (Å²) >= 11 is 0. The lowest BCUT2D eigenvalue weighted by Gasteiger charge is -2.37. The van der Waals surface area contributed by atoms with E-state index in [1.807, 2.05) is 0 Å². The number of benzene rings is 2. The van der Waals surface area contributed by atoms with E-state index in [0.29, 0.717) is 17.6 Å². The molecule has 4 heterocycles. The van der Waals surface area contributed by atoms with Crippen molar-refractivity contribution in [3.63, 3.8) is 0 Å². The van der Waals surface area contributed by atoms with Crippen molar-refractivity contribution in [2.75, 3.05) is 32.2 Å². The summed E-state index contributed by atoms with van der Waals surface area (Å²) in [6, 6.07) is -3.12. The van der Waals surface area contributed by atoms with Gasteiger partial charge in [0.2, 0.25) is 36.3 Å². The predicted octanol–water partition coefficient (Wildman–Crippen LogP) is 0.914. The molecule has 3 fully saturated rings. The number of halogens is 2. The molecule has 0 saturated carbocycles. The quantitative estimate of drug-likeness (QED) is 0.151. The molecule has 4 aliphatic rings. The third-order valence-electron chi connectivity index (χ3n) is 11.3. The fraction of sp³-hybridized carbons (Fsp3) is 0.525. The highest BCUT2D eigenvalue weighted by molar-refractivity contribution is 7.46. The van der Waals surface area contributed by atoms with Crippen molar-refractivity contribution >= 4 is 55.0 Å². The zero-order valence-corrected chi connectivity index (χ0v) is 36.3. The average molecular weight is 922 g/mol. The van der Waals surface area contributed by atoms with Gasteiger partial charge < -0.3 is 60.0 Å². The molecular formula is C40H50F2N7O14P. The second-order valence-corrected chi connectivity index (χ2v) is 17.5. The maximum absolute atomic E-state index is 14.8. The van der Waals surface area contributed by atoms with E-state index in [4.69, 9.17) is 18.7 Å². The molecule has 21 nitrogen and oxygen atoms in total. The Bertz CT molecular complexity index is 2210. The summed E-state index contributed by atoms with van der Waals surface area (Å²) in [6.45, 7) is 5.44. The lowest BCUT2D eigenvalue weighted by molar-refractivity contribution is -0.163. The normalized spacial score (nSPS) is 26.4. The highest BCUT2D eigenvalue weighted by Gasteiger charge is 2.48. The Kier molecular flexibility index (Phi) is 14.5. The number of rotatable bonds is 9. The second kappa shape index (κ2) is 19.5. The van der Waals surface area contributed by atoms with Gasteiger partial charge >= 0.3 is 19.8 Å². The lowest BCUT2D eigenvalue weighted by Crippen LogP contribution is -2.63. The van der Waals surface area contributed by atoms with Crippen LogP contribution in [0, 0.1) is 17.6 Å². The van der Waals surface area contributed by atoms with Crippen LogP contribution in [0.5, 0.6) is 11.5 Å². The number of nitrogens with zero attached hydrogens (tertiary/aromatic N) is 3. The van der Waals surface area contributed by atoms with E-state index < -0.39 is 116 Å². The molecule has 6 N–H and O–H groups in total. The predicted molar refractivity (Wildman–Crippen MR) is 217 cm³/mol. The molecule has 0 aromatic heterocycles. The molecule has 0 bridgehead atoms. The number of nitrogens with one attached hydrogen (secondary N) is 4. The van der Waals surface area contributed by atoms with Gasteiger partial charge in [0.15, 0.2) is 11.5 Å². The maximum Gasteiger partial charge on any atom is 0.469 e. The largest absolute Gasteiger partial charge is 0.469 e. The molecule has 0 spiro atoms. The Labute approximate surface area is 365 Å². The number of phosphoric acid groups is 1. The molecule has 9 atom stereocenters. The van der Waals surface area contributed by atoms with Gasteiger partial charge in [0, 0.05) is 44.4 Å². The van der Waals surface area contributed by atoms with E-state index in [1.54, 1.807) is 6.92 Å². The molecule has 0 radical (unpaired) electrons. The van der Waals surface area contributed by atoms with E-state index in [-0.39, 0.29) is 56.3 Å². The number of amides is 7. The first-order valence-electron chi connectivity index (χ1n) is 20.4. The zero-order valence-electron chi connectivity index (χ0n) is 35.4. The number of likely N-dealkylation sites (N-methyl/N-ethyl adjacent to an activating group) is 1. The molecule has 2 aromatic carbocycles. The van der Waals surface area contributed by atoms with Crippen LogP contribution in [0.3, 0.4) is 0 Å². The van der Waals surface area contributed by atoms with Crippen LogP contribution in [0.2, 0.25) is 0 Å². The van der Waals surface area contributed by atoms with Crippen molar-refractivity contribution in [1.82, 2.24) is 30.7 Å². The summed E-state index contributed by atoms with van der Waals surface area (Å²) in [5.41, 5.74) is 0.147. The van der Waals surface area contributed by atoms with E-state index in [0.717, 1.165) is 35.9 Å². The first kappa shape index (κ1) is 47.6. The van der Waals surface area contributed by atoms with Gasteiger partial charge in [0.25, 0.3) is 0 Å². The Hall–Kier alpha value is -5.90.